The molecule has 0 amide bonds. The maximum Gasteiger partial charge on any atom is 0.337 e. The van der Waals surface area contributed by atoms with Crippen LogP contribution >= 0.6 is 0 Å². The Morgan fingerprint density at radius 2 is 1.63 bits per heavy atom. The molecule has 2 aromatic carbocycles. The van der Waals surface area contributed by atoms with Crippen LogP contribution in [-0.2, 0) is 0 Å². The monoisotopic (exact) mass is 259 g/mol. The van der Waals surface area contributed by atoms with Crippen LogP contribution in [0.5, 0.6) is 17.2 Å². The van der Waals surface area contributed by atoms with Crippen molar-refractivity contribution in [1.82, 2.24) is 0 Å². The number of benzene rings is 2. The van der Waals surface area contributed by atoms with Crippen molar-refractivity contribution in [3.05, 3.63) is 48.0 Å². The molecule has 0 spiro atoms. The summed E-state index contributed by atoms with van der Waals surface area (Å²) in [6.45, 7) is 0. The number of anilines is 1. The molecular formula is C14H13NO4. The summed E-state index contributed by atoms with van der Waals surface area (Å²) in [7, 11) is 1.58. The molecule has 0 bridgehead atoms. The van der Waals surface area contributed by atoms with Gasteiger partial charge in [-0.1, -0.05) is 0 Å². The predicted molar refractivity (Wildman–Crippen MR) is 70.9 cm³/mol. The number of rotatable bonds is 4. The number of nitrogens with two attached hydrogens (primary N) is 1. The molecule has 2 aromatic rings. The standard InChI is InChI=1S/C14H13NO4/c1-18-9-2-4-10(5-3-9)19-11-6-7-13(15)12(8-11)14(16)17/h2-8H,15H2,1H3,(H,16,17). The summed E-state index contributed by atoms with van der Waals surface area (Å²) in [5, 5.41) is 8.97. The Morgan fingerprint density at radius 3 is 2.21 bits per heavy atom. The second kappa shape index (κ2) is 5.30. The van der Waals surface area contributed by atoms with E-state index in [0.29, 0.717) is 11.5 Å². The number of hydrogen-bond acceptors (Lipinski definition) is 4. The Kier molecular flexibility index (Phi) is 3.56. The average Bonchev–Trinajstić information content (AvgIpc) is 2.41. The molecule has 0 aliphatic carbocycles. The van der Waals surface area contributed by atoms with Crippen LogP contribution < -0.4 is 15.2 Å². The van der Waals surface area contributed by atoms with Gasteiger partial charge in [-0.15, -0.1) is 0 Å². The van der Waals surface area contributed by atoms with Crippen LogP contribution in [0, 0.1) is 0 Å². The zero-order valence-electron chi connectivity index (χ0n) is 10.3. The summed E-state index contributed by atoms with van der Waals surface area (Å²) >= 11 is 0. The highest BCUT2D eigenvalue weighted by Gasteiger charge is 2.09. The van der Waals surface area contributed by atoms with E-state index >= 15 is 0 Å². The van der Waals surface area contributed by atoms with Crippen molar-refractivity contribution >= 4 is 11.7 Å². The first-order valence-corrected chi connectivity index (χ1v) is 5.55. The first-order chi connectivity index (χ1) is 9.10. The van der Waals surface area contributed by atoms with E-state index in [-0.39, 0.29) is 11.3 Å². The van der Waals surface area contributed by atoms with Crippen molar-refractivity contribution < 1.29 is 19.4 Å². The molecule has 3 N–H and O–H groups in total. The lowest BCUT2D eigenvalue weighted by Gasteiger charge is -2.08. The number of nitrogen functional groups attached to an aromatic ring is 1. The molecule has 5 nitrogen and oxygen atoms in total. The van der Waals surface area contributed by atoms with Gasteiger partial charge < -0.3 is 20.3 Å². The van der Waals surface area contributed by atoms with E-state index in [2.05, 4.69) is 0 Å². The van der Waals surface area contributed by atoms with Gasteiger partial charge in [0.05, 0.1) is 12.7 Å². The van der Waals surface area contributed by atoms with Crippen LogP contribution in [0.15, 0.2) is 42.5 Å². The van der Waals surface area contributed by atoms with E-state index < -0.39 is 5.97 Å². The van der Waals surface area contributed by atoms with Crippen molar-refractivity contribution in [2.75, 3.05) is 12.8 Å². The van der Waals surface area contributed by atoms with Crippen molar-refractivity contribution in [2.24, 2.45) is 0 Å². The molecule has 0 atom stereocenters. The number of carboxylic acids is 1. The number of methoxy groups -OCH3 is 1. The zero-order valence-corrected chi connectivity index (χ0v) is 10.3. The topological polar surface area (TPSA) is 81.8 Å². The van der Waals surface area contributed by atoms with Gasteiger partial charge in [-0.3, -0.25) is 0 Å². The molecule has 98 valence electrons. The van der Waals surface area contributed by atoms with E-state index in [1.807, 2.05) is 0 Å². The molecule has 0 aliphatic rings. The molecule has 5 heteroatoms. The minimum atomic E-state index is -1.09. The molecule has 0 heterocycles. The Bertz CT molecular complexity index is 593. The third kappa shape index (κ3) is 2.95. The largest absolute Gasteiger partial charge is 0.497 e. The third-order valence-corrected chi connectivity index (χ3v) is 2.55. The number of carboxylic acid groups (broad SMARTS) is 1. The van der Waals surface area contributed by atoms with Crippen LogP contribution in [0.3, 0.4) is 0 Å². The Balaban J connectivity index is 2.22. The maximum atomic E-state index is 11.0. The zero-order chi connectivity index (χ0) is 13.8. The van der Waals surface area contributed by atoms with Crippen LogP contribution in [0.1, 0.15) is 10.4 Å². The second-order valence-electron chi connectivity index (χ2n) is 3.83. The number of hydrogen-bond donors (Lipinski definition) is 2. The molecule has 0 aromatic heterocycles. The van der Waals surface area contributed by atoms with Crippen LogP contribution in [-0.4, -0.2) is 18.2 Å². The van der Waals surface area contributed by atoms with Crippen molar-refractivity contribution in [2.45, 2.75) is 0 Å². The summed E-state index contributed by atoms with van der Waals surface area (Å²) in [6, 6.07) is 11.5. The summed E-state index contributed by atoms with van der Waals surface area (Å²) in [5.74, 6) is 0.632. The van der Waals surface area contributed by atoms with Gasteiger partial charge in [0.25, 0.3) is 0 Å². The lowest BCUT2D eigenvalue weighted by Crippen LogP contribution is -2.02. The Hall–Kier alpha value is -2.69. The molecule has 2 rings (SSSR count). The van der Waals surface area contributed by atoms with E-state index in [0.717, 1.165) is 5.75 Å². The van der Waals surface area contributed by atoms with Gasteiger partial charge >= 0.3 is 5.97 Å². The van der Waals surface area contributed by atoms with E-state index in [1.165, 1.54) is 12.1 Å². The fourth-order valence-corrected chi connectivity index (χ4v) is 1.56. The quantitative estimate of drug-likeness (QED) is 0.825. The fourth-order valence-electron chi connectivity index (χ4n) is 1.56. The summed E-state index contributed by atoms with van der Waals surface area (Å²) < 4.78 is 10.6. The molecular weight excluding hydrogens is 246 g/mol. The van der Waals surface area contributed by atoms with E-state index in [1.54, 1.807) is 37.4 Å². The van der Waals surface area contributed by atoms with E-state index in [4.69, 9.17) is 20.3 Å². The molecule has 0 saturated carbocycles. The van der Waals surface area contributed by atoms with Gasteiger partial charge in [-0.05, 0) is 42.5 Å². The highest BCUT2D eigenvalue weighted by atomic mass is 16.5. The van der Waals surface area contributed by atoms with Gasteiger partial charge in [0.1, 0.15) is 17.2 Å². The summed E-state index contributed by atoms with van der Waals surface area (Å²) in [4.78, 5) is 11.0. The number of ether oxygens (including phenoxy) is 2. The van der Waals surface area contributed by atoms with Crippen LogP contribution in [0.2, 0.25) is 0 Å². The van der Waals surface area contributed by atoms with Gasteiger partial charge in [-0.25, -0.2) is 4.79 Å². The van der Waals surface area contributed by atoms with Crippen molar-refractivity contribution in [3.8, 4) is 17.2 Å². The minimum Gasteiger partial charge on any atom is -0.497 e. The summed E-state index contributed by atoms with van der Waals surface area (Å²) in [6.07, 6.45) is 0. The Morgan fingerprint density at radius 1 is 1.05 bits per heavy atom. The normalized spacial score (nSPS) is 9.95. The van der Waals surface area contributed by atoms with Crippen molar-refractivity contribution in [1.29, 1.82) is 0 Å². The smallest absolute Gasteiger partial charge is 0.337 e. The lowest BCUT2D eigenvalue weighted by atomic mass is 10.2. The Labute approximate surface area is 110 Å². The SMILES string of the molecule is COc1ccc(Oc2ccc(N)c(C(=O)O)c2)cc1. The molecule has 19 heavy (non-hydrogen) atoms. The highest BCUT2D eigenvalue weighted by Crippen LogP contribution is 2.26. The second-order valence-corrected chi connectivity index (χ2v) is 3.83. The molecule has 0 aliphatic heterocycles. The average molecular weight is 259 g/mol. The molecule has 0 radical (unpaired) electrons. The van der Waals surface area contributed by atoms with Gasteiger partial charge in [-0.2, -0.15) is 0 Å². The number of aromatic carboxylic acids is 1. The molecule has 0 fully saturated rings. The van der Waals surface area contributed by atoms with Gasteiger partial charge in [0.2, 0.25) is 0 Å². The summed E-state index contributed by atoms with van der Waals surface area (Å²) in [5.41, 5.74) is 5.79. The first-order valence-electron chi connectivity index (χ1n) is 5.55. The highest BCUT2D eigenvalue weighted by molar-refractivity contribution is 5.94. The van der Waals surface area contributed by atoms with E-state index in [9.17, 15) is 4.79 Å². The predicted octanol–water partition coefficient (Wildman–Crippen LogP) is 2.77. The minimum absolute atomic E-state index is 0.0195. The molecule has 0 unspecified atom stereocenters. The van der Waals surface area contributed by atoms with Crippen molar-refractivity contribution in [3.63, 3.8) is 0 Å². The van der Waals surface area contributed by atoms with Gasteiger partial charge in [0.15, 0.2) is 0 Å². The maximum absolute atomic E-state index is 11.0. The first kappa shape index (κ1) is 12.8. The number of carbonyl (C=O) groups is 1. The third-order valence-electron chi connectivity index (χ3n) is 2.55. The fraction of sp³-hybridized carbons (Fsp3) is 0.0714. The van der Waals surface area contributed by atoms with Crippen LogP contribution in [0.25, 0.3) is 0 Å². The van der Waals surface area contributed by atoms with Gasteiger partial charge in [0, 0.05) is 5.69 Å². The lowest BCUT2D eigenvalue weighted by molar-refractivity contribution is 0.0697. The molecule has 0 saturated heterocycles. The van der Waals surface area contributed by atoms with Crippen LogP contribution in [0.4, 0.5) is 5.69 Å².